The molecule has 0 saturated carbocycles. The van der Waals surface area contributed by atoms with Crippen LogP contribution in [0.2, 0.25) is 10.0 Å². The van der Waals surface area contributed by atoms with Crippen LogP contribution in [0, 0.1) is 0 Å². The SMILES string of the molecule is Nc1ccc2c(c1)oc(=O)n2Cc1ccc(Cl)cc1Cl. The van der Waals surface area contributed by atoms with Crippen LogP contribution in [0.25, 0.3) is 11.1 Å². The van der Waals surface area contributed by atoms with E-state index in [1.165, 1.54) is 4.57 Å². The molecule has 0 saturated heterocycles. The highest BCUT2D eigenvalue weighted by molar-refractivity contribution is 6.35. The highest BCUT2D eigenvalue weighted by Gasteiger charge is 2.11. The van der Waals surface area contributed by atoms with E-state index in [0.29, 0.717) is 33.4 Å². The number of halogens is 2. The molecular weight excluding hydrogens is 299 g/mol. The number of anilines is 1. The van der Waals surface area contributed by atoms with Crippen molar-refractivity contribution in [2.75, 3.05) is 5.73 Å². The lowest BCUT2D eigenvalue weighted by Crippen LogP contribution is -2.15. The van der Waals surface area contributed by atoms with Gasteiger partial charge in [0, 0.05) is 21.8 Å². The molecule has 3 rings (SSSR count). The number of nitrogens with two attached hydrogens (primary N) is 1. The molecule has 102 valence electrons. The summed E-state index contributed by atoms with van der Waals surface area (Å²) in [7, 11) is 0. The molecule has 3 aromatic rings. The highest BCUT2D eigenvalue weighted by Crippen LogP contribution is 2.23. The quantitative estimate of drug-likeness (QED) is 0.737. The summed E-state index contributed by atoms with van der Waals surface area (Å²) in [5, 5.41) is 1.06. The zero-order valence-corrected chi connectivity index (χ0v) is 11.8. The van der Waals surface area contributed by atoms with Crippen LogP contribution in [-0.2, 0) is 6.54 Å². The van der Waals surface area contributed by atoms with Crippen molar-refractivity contribution in [3.8, 4) is 0 Å². The first kappa shape index (κ1) is 13.1. The molecule has 0 amide bonds. The van der Waals surface area contributed by atoms with Gasteiger partial charge in [0.1, 0.15) is 0 Å². The van der Waals surface area contributed by atoms with Gasteiger partial charge in [0.05, 0.1) is 12.1 Å². The fourth-order valence-electron chi connectivity index (χ4n) is 2.05. The van der Waals surface area contributed by atoms with E-state index in [0.717, 1.165) is 5.56 Å². The first-order valence-corrected chi connectivity index (χ1v) is 6.63. The van der Waals surface area contributed by atoms with Crippen LogP contribution in [-0.4, -0.2) is 4.57 Å². The summed E-state index contributed by atoms with van der Waals surface area (Å²) in [5.74, 6) is -0.448. The average molecular weight is 309 g/mol. The van der Waals surface area contributed by atoms with Gasteiger partial charge in [0.2, 0.25) is 0 Å². The molecule has 0 aliphatic heterocycles. The lowest BCUT2D eigenvalue weighted by atomic mass is 10.2. The maximum Gasteiger partial charge on any atom is 0.420 e. The standard InChI is InChI=1S/C14H10Cl2N2O2/c15-9-2-1-8(11(16)5-9)7-18-12-4-3-10(17)6-13(12)20-14(18)19/h1-6H,7,17H2. The fraction of sp³-hybridized carbons (Fsp3) is 0.0714. The van der Waals surface area contributed by atoms with Crippen LogP contribution in [0.5, 0.6) is 0 Å². The molecule has 1 heterocycles. The topological polar surface area (TPSA) is 61.2 Å². The number of fused-ring (bicyclic) bond motifs is 1. The van der Waals surface area contributed by atoms with Crippen molar-refractivity contribution in [2.45, 2.75) is 6.54 Å². The number of benzene rings is 2. The smallest absolute Gasteiger partial charge is 0.408 e. The van der Waals surface area contributed by atoms with Crippen molar-refractivity contribution < 1.29 is 4.42 Å². The maximum atomic E-state index is 11.9. The van der Waals surface area contributed by atoms with Crippen LogP contribution >= 0.6 is 23.2 Å². The summed E-state index contributed by atoms with van der Waals surface area (Å²) in [6.07, 6.45) is 0. The Labute approximate surface area is 124 Å². The summed E-state index contributed by atoms with van der Waals surface area (Å²) in [6, 6.07) is 10.2. The fourth-order valence-corrected chi connectivity index (χ4v) is 2.52. The molecule has 2 aromatic carbocycles. The Morgan fingerprint density at radius 2 is 1.95 bits per heavy atom. The second kappa shape index (κ2) is 4.89. The normalized spacial score (nSPS) is 11.1. The third-order valence-corrected chi connectivity index (χ3v) is 3.62. The van der Waals surface area contributed by atoms with Crippen molar-refractivity contribution in [1.29, 1.82) is 0 Å². The third kappa shape index (κ3) is 2.28. The molecule has 0 spiro atoms. The van der Waals surface area contributed by atoms with Gasteiger partial charge in [-0.15, -0.1) is 0 Å². The maximum absolute atomic E-state index is 11.9. The van der Waals surface area contributed by atoms with Crippen LogP contribution in [0.15, 0.2) is 45.6 Å². The Balaban J connectivity index is 2.11. The Hall–Kier alpha value is -1.91. The van der Waals surface area contributed by atoms with Gasteiger partial charge >= 0.3 is 5.76 Å². The second-order valence-electron chi connectivity index (χ2n) is 4.42. The number of rotatable bonds is 2. The Morgan fingerprint density at radius 1 is 1.15 bits per heavy atom. The number of hydrogen-bond acceptors (Lipinski definition) is 3. The molecule has 20 heavy (non-hydrogen) atoms. The van der Waals surface area contributed by atoms with Crippen molar-refractivity contribution in [3.63, 3.8) is 0 Å². The van der Waals surface area contributed by atoms with E-state index >= 15 is 0 Å². The van der Waals surface area contributed by atoms with Crippen molar-refractivity contribution in [3.05, 3.63) is 62.6 Å². The Bertz CT molecular complexity index is 852. The second-order valence-corrected chi connectivity index (χ2v) is 5.26. The van der Waals surface area contributed by atoms with Gasteiger partial charge in [-0.3, -0.25) is 4.57 Å². The van der Waals surface area contributed by atoms with Gasteiger partial charge < -0.3 is 10.2 Å². The zero-order valence-electron chi connectivity index (χ0n) is 10.3. The lowest BCUT2D eigenvalue weighted by molar-refractivity contribution is 0.518. The number of nitrogens with zero attached hydrogens (tertiary/aromatic N) is 1. The summed E-state index contributed by atoms with van der Waals surface area (Å²) >= 11 is 12.0. The summed E-state index contributed by atoms with van der Waals surface area (Å²) in [4.78, 5) is 11.9. The van der Waals surface area contributed by atoms with E-state index in [2.05, 4.69) is 0 Å². The lowest BCUT2D eigenvalue weighted by Gasteiger charge is -2.05. The van der Waals surface area contributed by atoms with Gasteiger partial charge in [-0.1, -0.05) is 29.3 Å². The summed E-state index contributed by atoms with van der Waals surface area (Å²) in [5.41, 5.74) is 8.14. The highest BCUT2D eigenvalue weighted by atomic mass is 35.5. The van der Waals surface area contributed by atoms with Crippen molar-refractivity contribution in [2.24, 2.45) is 0 Å². The van der Waals surface area contributed by atoms with Crippen molar-refractivity contribution >= 4 is 40.0 Å². The van der Waals surface area contributed by atoms with Gasteiger partial charge in [0.25, 0.3) is 0 Å². The molecule has 4 nitrogen and oxygen atoms in total. The van der Waals surface area contributed by atoms with Crippen LogP contribution in [0.4, 0.5) is 5.69 Å². The number of oxazole rings is 1. The minimum atomic E-state index is -0.448. The van der Waals surface area contributed by atoms with Gasteiger partial charge in [-0.05, 0) is 29.8 Å². The minimum absolute atomic E-state index is 0.311. The molecular formula is C14H10Cl2N2O2. The zero-order chi connectivity index (χ0) is 14.3. The van der Waals surface area contributed by atoms with E-state index in [1.807, 2.05) is 0 Å². The largest absolute Gasteiger partial charge is 0.420 e. The minimum Gasteiger partial charge on any atom is -0.408 e. The predicted octanol–water partition coefficient (Wildman–Crippen LogP) is 3.53. The van der Waals surface area contributed by atoms with E-state index in [4.69, 9.17) is 33.4 Å². The molecule has 0 aliphatic carbocycles. The van der Waals surface area contributed by atoms with Gasteiger partial charge in [-0.2, -0.15) is 0 Å². The molecule has 6 heteroatoms. The molecule has 0 radical (unpaired) electrons. The van der Waals surface area contributed by atoms with Crippen molar-refractivity contribution in [1.82, 2.24) is 4.57 Å². The summed E-state index contributed by atoms with van der Waals surface area (Å²) < 4.78 is 6.68. The molecule has 0 unspecified atom stereocenters. The molecule has 1 aromatic heterocycles. The monoisotopic (exact) mass is 308 g/mol. The number of nitrogen functional groups attached to an aromatic ring is 1. The molecule has 0 fully saturated rings. The van der Waals surface area contributed by atoms with E-state index in [-0.39, 0.29) is 0 Å². The van der Waals surface area contributed by atoms with Crippen LogP contribution in [0.3, 0.4) is 0 Å². The first-order chi connectivity index (χ1) is 9.54. The van der Waals surface area contributed by atoms with Crippen LogP contribution in [0.1, 0.15) is 5.56 Å². The average Bonchev–Trinajstić information content (AvgIpc) is 2.68. The predicted molar refractivity (Wildman–Crippen MR) is 80.5 cm³/mol. The number of aromatic nitrogens is 1. The first-order valence-electron chi connectivity index (χ1n) is 5.87. The van der Waals surface area contributed by atoms with Gasteiger partial charge in [-0.25, -0.2) is 4.79 Å². The molecule has 0 aliphatic rings. The Kier molecular flexibility index (Phi) is 3.20. The van der Waals surface area contributed by atoms with E-state index in [9.17, 15) is 4.79 Å². The molecule has 0 atom stereocenters. The summed E-state index contributed by atoms with van der Waals surface area (Å²) in [6.45, 7) is 0.311. The molecule has 2 N–H and O–H groups in total. The molecule has 0 bridgehead atoms. The number of hydrogen-bond donors (Lipinski definition) is 1. The van der Waals surface area contributed by atoms with Crippen LogP contribution < -0.4 is 11.5 Å². The van der Waals surface area contributed by atoms with E-state index in [1.54, 1.807) is 36.4 Å². The third-order valence-electron chi connectivity index (χ3n) is 3.04. The van der Waals surface area contributed by atoms with E-state index < -0.39 is 5.76 Å². The van der Waals surface area contributed by atoms with Gasteiger partial charge in [0.15, 0.2) is 5.58 Å². The Morgan fingerprint density at radius 3 is 2.70 bits per heavy atom.